The molecule has 2 nitrogen and oxygen atoms in total. The van der Waals surface area contributed by atoms with Gasteiger partial charge in [-0.2, -0.15) is 0 Å². The van der Waals surface area contributed by atoms with E-state index in [-0.39, 0.29) is 6.04 Å². The van der Waals surface area contributed by atoms with E-state index in [0.717, 1.165) is 18.1 Å². The van der Waals surface area contributed by atoms with Gasteiger partial charge >= 0.3 is 0 Å². The van der Waals surface area contributed by atoms with Crippen molar-refractivity contribution in [2.45, 2.75) is 47.6 Å². The molecular weight excluding hydrogens is 198 g/mol. The highest BCUT2D eigenvalue weighted by Crippen LogP contribution is 2.26. The summed E-state index contributed by atoms with van der Waals surface area (Å²) in [5, 5.41) is 3.54. The first-order valence-electron chi connectivity index (χ1n) is 6.12. The number of nitrogens with one attached hydrogen (secondary N) is 1. The number of hydrogen-bond acceptors (Lipinski definition) is 2. The zero-order valence-corrected chi connectivity index (χ0v) is 11.4. The van der Waals surface area contributed by atoms with Gasteiger partial charge in [0.15, 0.2) is 0 Å². The predicted molar refractivity (Wildman–Crippen MR) is 68.5 cm³/mol. The Morgan fingerprint density at radius 2 is 1.88 bits per heavy atom. The molecule has 1 rings (SSSR count). The molecule has 2 heteroatoms. The lowest BCUT2D eigenvalue weighted by Crippen LogP contribution is -2.34. The molecule has 16 heavy (non-hydrogen) atoms. The van der Waals surface area contributed by atoms with Gasteiger partial charge in [-0.1, -0.05) is 27.7 Å². The van der Waals surface area contributed by atoms with Crippen molar-refractivity contribution in [3.63, 3.8) is 0 Å². The lowest BCUT2D eigenvalue weighted by Gasteiger charge is -2.30. The molecule has 92 valence electrons. The third kappa shape index (κ3) is 3.38. The van der Waals surface area contributed by atoms with E-state index in [2.05, 4.69) is 46.0 Å². The van der Waals surface area contributed by atoms with Crippen LogP contribution in [0.25, 0.3) is 0 Å². The summed E-state index contributed by atoms with van der Waals surface area (Å²) < 4.78 is 5.61. The van der Waals surface area contributed by atoms with Crippen molar-refractivity contribution in [1.82, 2.24) is 5.32 Å². The fraction of sp³-hybridized carbons (Fsp3) is 0.714. The number of rotatable bonds is 5. The maximum Gasteiger partial charge on any atom is 0.120 e. The molecule has 1 atom stereocenters. The van der Waals surface area contributed by atoms with Crippen molar-refractivity contribution in [3.05, 3.63) is 23.7 Å². The van der Waals surface area contributed by atoms with Gasteiger partial charge in [-0.25, -0.2) is 0 Å². The van der Waals surface area contributed by atoms with Crippen LogP contribution in [0, 0.1) is 18.3 Å². The lowest BCUT2D eigenvalue weighted by atomic mass is 9.81. The van der Waals surface area contributed by atoms with Crippen LogP contribution in [-0.2, 0) is 0 Å². The molecule has 0 aliphatic heterocycles. The molecule has 0 amide bonds. The zero-order valence-electron chi connectivity index (χ0n) is 11.4. The van der Waals surface area contributed by atoms with Crippen molar-refractivity contribution in [2.24, 2.45) is 11.3 Å². The minimum atomic E-state index is 0.284. The monoisotopic (exact) mass is 223 g/mol. The third-order valence-electron chi connectivity index (χ3n) is 3.61. The smallest absolute Gasteiger partial charge is 0.120 e. The van der Waals surface area contributed by atoms with Crippen LogP contribution >= 0.6 is 0 Å². The summed E-state index contributed by atoms with van der Waals surface area (Å²) in [6.07, 6.45) is 0. The summed E-state index contributed by atoms with van der Waals surface area (Å²) in [5.74, 6) is 2.68. The van der Waals surface area contributed by atoms with Crippen LogP contribution in [0.2, 0.25) is 0 Å². The molecular formula is C14H25NO. The Balaban J connectivity index is 2.50. The summed E-state index contributed by atoms with van der Waals surface area (Å²) in [5.41, 5.74) is 0.315. The van der Waals surface area contributed by atoms with Crippen molar-refractivity contribution in [2.75, 3.05) is 6.54 Å². The normalized spacial score (nSPS) is 14.4. The highest BCUT2D eigenvalue weighted by molar-refractivity contribution is 5.08. The molecule has 0 aliphatic rings. The van der Waals surface area contributed by atoms with Gasteiger partial charge in [0.1, 0.15) is 11.5 Å². The standard InChI is InChI=1S/C14H25NO/c1-10(2)14(5,6)9-15-12(4)13-8-7-11(3)16-13/h7-8,10,12,15H,9H2,1-6H3. The first kappa shape index (κ1) is 13.3. The SMILES string of the molecule is Cc1ccc(C(C)NCC(C)(C)C(C)C)o1. The van der Waals surface area contributed by atoms with Gasteiger partial charge in [0.05, 0.1) is 6.04 Å². The molecule has 0 spiro atoms. The van der Waals surface area contributed by atoms with Crippen LogP contribution in [0.1, 0.15) is 52.2 Å². The van der Waals surface area contributed by atoms with Crippen LogP contribution < -0.4 is 5.32 Å². The molecule has 1 aromatic heterocycles. The average molecular weight is 223 g/mol. The molecule has 0 saturated heterocycles. The second-order valence-electron chi connectivity index (χ2n) is 5.69. The van der Waals surface area contributed by atoms with Crippen LogP contribution in [-0.4, -0.2) is 6.54 Å². The topological polar surface area (TPSA) is 25.2 Å². The maximum atomic E-state index is 5.61. The fourth-order valence-corrected chi connectivity index (χ4v) is 1.41. The van der Waals surface area contributed by atoms with Gasteiger partial charge in [0.25, 0.3) is 0 Å². The van der Waals surface area contributed by atoms with E-state index in [1.54, 1.807) is 0 Å². The van der Waals surface area contributed by atoms with E-state index >= 15 is 0 Å². The van der Waals surface area contributed by atoms with Gasteiger partial charge in [-0.05, 0) is 37.3 Å². The Morgan fingerprint density at radius 1 is 1.25 bits per heavy atom. The first-order chi connectivity index (χ1) is 7.33. The highest BCUT2D eigenvalue weighted by Gasteiger charge is 2.23. The summed E-state index contributed by atoms with van der Waals surface area (Å²) in [6.45, 7) is 14.3. The fourth-order valence-electron chi connectivity index (χ4n) is 1.41. The molecule has 1 aromatic rings. The largest absolute Gasteiger partial charge is 0.465 e. The number of furan rings is 1. The number of hydrogen-bond donors (Lipinski definition) is 1. The quantitative estimate of drug-likeness (QED) is 0.818. The summed E-state index contributed by atoms with van der Waals surface area (Å²) in [4.78, 5) is 0. The third-order valence-corrected chi connectivity index (χ3v) is 3.61. The Labute approximate surface area is 99.4 Å². The molecule has 0 radical (unpaired) electrons. The van der Waals surface area contributed by atoms with E-state index in [4.69, 9.17) is 4.42 Å². The lowest BCUT2D eigenvalue weighted by molar-refractivity contribution is 0.225. The Kier molecular flexibility index (Phi) is 4.20. The summed E-state index contributed by atoms with van der Waals surface area (Å²) >= 11 is 0. The second kappa shape index (κ2) is 5.05. The second-order valence-corrected chi connectivity index (χ2v) is 5.69. The molecule has 1 unspecified atom stereocenters. The van der Waals surface area contributed by atoms with E-state index < -0.39 is 0 Å². The molecule has 0 saturated carbocycles. The van der Waals surface area contributed by atoms with Crippen molar-refractivity contribution >= 4 is 0 Å². The van der Waals surface area contributed by atoms with Gasteiger partial charge in [0.2, 0.25) is 0 Å². The van der Waals surface area contributed by atoms with Crippen molar-refractivity contribution < 1.29 is 4.42 Å². The Hall–Kier alpha value is -0.760. The van der Waals surface area contributed by atoms with Crippen LogP contribution in [0.3, 0.4) is 0 Å². The maximum absolute atomic E-state index is 5.61. The zero-order chi connectivity index (χ0) is 12.3. The molecule has 1 N–H and O–H groups in total. The summed E-state index contributed by atoms with van der Waals surface area (Å²) in [7, 11) is 0. The van der Waals surface area contributed by atoms with Crippen LogP contribution in [0.4, 0.5) is 0 Å². The molecule has 1 heterocycles. The van der Waals surface area contributed by atoms with Gasteiger partial charge < -0.3 is 9.73 Å². The van der Waals surface area contributed by atoms with E-state index in [9.17, 15) is 0 Å². The average Bonchev–Trinajstić information content (AvgIpc) is 2.61. The van der Waals surface area contributed by atoms with Crippen molar-refractivity contribution in [1.29, 1.82) is 0 Å². The molecule has 0 aromatic carbocycles. The van der Waals surface area contributed by atoms with E-state index in [1.165, 1.54) is 0 Å². The predicted octanol–water partition coefficient (Wildman–Crippen LogP) is 3.92. The molecule has 0 fully saturated rings. The van der Waals surface area contributed by atoms with Gasteiger partial charge in [-0.15, -0.1) is 0 Å². The van der Waals surface area contributed by atoms with E-state index in [0.29, 0.717) is 11.3 Å². The van der Waals surface area contributed by atoms with E-state index in [1.807, 2.05) is 13.0 Å². The minimum Gasteiger partial charge on any atom is -0.465 e. The van der Waals surface area contributed by atoms with Crippen LogP contribution in [0.5, 0.6) is 0 Å². The Bertz CT molecular complexity index is 325. The molecule has 0 aliphatic carbocycles. The van der Waals surface area contributed by atoms with Gasteiger partial charge in [0, 0.05) is 6.54 Å². The van der Waals surface area contributed by atoms with Gasteiger partial charge in [-0.3, -0.25) is 0 Å². The Morgan fingerprint density at radius 3 is 2.31 bits per heavy atom. The molecule has 0 bridgehead atoms. The summed E-state index contributed by atoms with van der Waals surface area (Å²) in [6, 6.07) is 4.35. The highest BCUT2D eigenvalue weighted by atomic mass is 16.3. The first-order valence-corrected chi connectivity index (χ1v) is 6.12. The van der Waals surface area contributed by atoms with Crippen molar-refractivity contribution in [3.8, 4) is 0 Å². The van der Waals surface area contributed by atoms with Crippen LogP contribution in [0.15, 0.2) is 16.5 Å². The number of aryl methyl sites for hydroxylation is 1. The minimum absolute atomic E-state index is 0.284.